The van der Waals surface area contributed by atoms with E-state index >= 15 is 0 Å². The molecule has 1 aliphatic rings. The van der Waals surface area contributed by atoms with Crippen molar-refractivity contribution < 1.29 is 4.42 Å². The van der Waals surface area contributed by atoms with Crippen LogP contribution in [0.1, 0.15) is 25.0 Å². The number of hydrogen-bond acceptors (Lipinski definition) is 3. The third-order valence-corrected chi connectivity index (χ3v) is 12.4. The summed E-state index contributed by atoms with van der Waals surface area (Å²) in [7, 11) is 0. The molecule has 2 nitrogen and oxygen atoms in total. The molecular weight excluding hydrogens is 651 g/mol. The van der Waals surface area contributed by atoms with Gasteiger partial charge in [-0.25, -0.2) is 0 Å². The fourth-order valence-electron chi connectivity index (χ4n) is 8.67. The molecule has 1 aliphatic carbocycles. The van der Waals surface area contributed by atoms with Gasteiger partial charge >= 0.3 is 0 Å². The van der Waals surface area contributed by atoms with E-state index in [-0.39, 0.29) is 5.41 Å². The van der Waals surface area contributed by atoms with Crippen molar-refractivity contribution in [3.63, 3.8) is 0 Å². The first-order valence-corrected chi connectivity index (χ1v) is 18.7. The Morgan fingerprint density at radius 2 is 1.15 bits per heavy atom. The van der Waals surface area contributed by atoms with Gasteiger partial charge in [-0.1, -0.05) is 111 Å². The smallest absolute Gasteiger partial charge is 0.136 e. The summed E-state index contributed by atoms with van der Waals surface area (Å²) < 4.78 is 8.80. The molecule has 3 heteroatoms. The van der Waals surface area contributed by atoms with Crippen LogP contribution in [0.25, 0.3) is 75.1 Å². The molecular formula is C49H33NOS. The first kappa shape index (κ1) is 29.6. The van der Waals surface area contributed by atoms with E-state index in [2.05, 4.69) is 170 Å². The molecule has 8 aromatic carbocycles. The highest BCUT2D eigenvalue weighted by Crippen LogP contribution is 2.51. The Hall–Kier alpha value is -6.16. The number of anilines is 3. The monoisotopic (exact) mass is 683 g/mol. The molecule has 0 bridgehead atoms. The predicted molar refractivity (Wildman–Crippen MR) is 222 cm³/mol. The predicted octanol–water partition coefficient (Wildman–Crippen LogP) is 14.6. The minimum Gasteiger partial charge on any atom is -0.456 e. The lowest BCUT2D eigenvalue weighted by atomic mass is 9.82. The van der Waals surface area contributed by atoms with E-state index in [4.69, 9.17) is 4.42 Å². The zero-order valence-electron chi connectivity index (χ0n) is 28.9. The second-order valence-electron chi connectivity index (χ2n) is 14.5. The number of rotatable bonds is 4. The number of thiophene rings is 1. The molecule has 0 N–H and O–H groups in total. The summed E-state index contributed by atoms with van der Waals surface area (Å²) >= 11 is 1.86. The number of furan rings is 1. The Kier molecular flexibility index (Phi) is 6.21. The molecule has 246 valence electrons. The largest absolute Gasteiger partial charge is 0.456 e. The van der Waals surface area contributed by atoms with Gasteiger partial charge in [-0.05, 0) is 111 Å². The van der Waals surface area contributed by atoms with Crippen molar-refractivity contribution in [2.24, 2.45) is 0 Å². The van der Waals surface area contributed by atoms with Crippen molar-refractivity contribution in [1.29, 1.82) is 0 Å². The van der Waals surface area contributed by atoms with Gasteiger partial charge < -0.3 is 9.32 Å². The second-order valence-corrected chi connectivity index (χ2v) is 15.6. The molecule has 0 fully saturated rings. The number of hydrogen-bond donors (Lipinski definition) is 0. The minimum atomic E-state index is -0.0879. The maximum Gasteiger partial charge on any atom is 0.136 e. The molecule has 10 aromatic rings. The van der Waals surface area contributed by atoms with Crippen molar-refractivity contribution in [2.45, 2.75) is 19.3 Å². The van der Waals surface area contributed by atoms with Crippen LogP contribution in [0, 0.1) is 0 Å². The van der Waals surface area contributed by atoms with E-state index in [1.165, 1.54) is 69.7 Å². The van der Waals surface area contributed by atoms with Gasteiger partial charge in [-0.15, -0.1) is 11.3 Å². The van der Waals surface area contributed by atoms with Crippen LogP contribution < -0.4 is 4.90 Å². The molecule has 0 radical (unpaired) electrons. The Bertz CT molecular complexity index is 3050. The van der Waals surface area contributed by atoms with Crippen molar-refractivity contribution in [3.8, 4) is 22.3 Å². The van der Waals surface area contributed by atoms with Crippen LogP contribution in [-0.2, 0) is 5.41 Å². The van der Waals surface area contributed by atoms with Crippen LogP contribution in [0.5, 0.6) is 0 Å². The maximum atomic E-state index is 6.17. The Morgan fingerprint density at radius 3 is 2.06 bits per heavy atom. The molecule has 11 rings (SSSR count). The van der Waals surface area contributed by atoms with E-state index in [0.717, 1.165) is 33.6 Å². The Labute approximate surface area is 305 Å². The lowest BCUT2D eigenvalue weighted by Crippen LogP contribution is -2.16. The highest BCUT2D eigenvalue weighted by molar-refractivity contribution is 7.25. The quantitative estimate of drug-likeness (QED) is 0.184. The van der Waals surface area contributed by atoms with E-state index in [0.29, 0.717) is 0 Å². The lowest BCUT2D eigenvalue weighted by molar-refractivity contribution is 0.660. The second kappa shape index (κ2) is 10.9. The van der Waals surface area contributed by atoms with Crippen LogP contribution >= 0.6 is 11.3 Å². The molecule has 0 aliphatic heterocycles. The summed E-state index contributed by atoms with van der Waals surface area (Å²) in [5.41, 5.74) is 13.0. The molecule has 2 heterocycles. The SMILES string of the molecule is CC1(C)c2ccccc2-c2ccc(N(c3ccc(-c4ccc5c(ccc6oc7ccccc7c65)c4)cc3)c3ccc4sc5ccccc5c4c3)cc21. The Morgan fingerprint density at radius 1 is 0.462 bits per heavy atom. The van der Waals surface area contributed by atoms with Crippen molar-refractivity contribution in [1.82, 2.24) is 0 Å². The van der Waals surface area contributed by atoms with Gasteiger partial charge in [0.15, 0.2) is 0 Å². The minimum absolute atomic E-state index is 0.0879. The number of benzene rings is 8. The van der Waals surface area contributed by atoms with Crippen LogP contribution in [0.2, 0.25) is 0 Å². The molecule has 0 spiro atoms. The fourth-order valence-corrected chi connectivity index (χ4v) is 9.75. The molecule has 2 aromatic heterocycles. The average molecular weight is 684 g/mol. The highest BCUT2D eigenvalue weighted by atomic mass is 32.1. The summed E-state index contributed by atoms with van der Waals surface area (Å²) in [5.74, 6) is 0. The lowest BCUT2D eigenvalue weighted by Gasteiger charge is -2.28. The molecule has 0 amide bonds. The van der Waals surface area contributed by atoms with Crippen LogP contribution in [0.3, 0.4) is 0 Å². The summed E-state index contributed by atoms with van der Waals surface area (Å²) in [6.45, 7) is 4.71. The van der Waals surface area contributed by atoms with Crippen molar-refractivity contribution >= 4 is 81.3 Å². The van der Waals surface area contributed by atoms with Gasteiger partial charge in [-0.3, -0.25) is 0 Å². The van der Waals surface area contributed by atoms with Crippen LogP contribution in [0.4, 0.5) is 17.1 Å². The Balaban J connectivity index is 1.04. The zero-order chi connectivity index (χ0) is 34.6. The molecule has 0 saturated carbocycles. The first-order valence-electron chi connectivity index (χ1n) is 17.9. The summed E-state index contributed by atoms with van der Waals surface area (Å²) in [6.07, 6.45) is 0. The fraction of sp³-hybridized carbons (Fsp3) is 0.0612. The number of para-hydroxylation sites is 1. The van der Waals surface area contributed by atoms with Gasteiger partial charge in [0.1, 0.15) is 11.2 Å². The average Bonchev–Trinajstić information content (AvgIpc) is 3.83. The van der Waals surface area contributed by atoms with Gasteiger partial charge in [-0.2, -0.15) is 0 Å². The summed E-state index contributed by atoms with van der Waals surface area (Å²) in [4.78, 5) is 2.43. The van der Waals surface area contributed by atoms with Crippen molar-refractivity contribution in [2.75, 3.05) is 4.90 Å². The van der Waals surface area contributed by atoms with Gasteiger partial charge in [0.25, 0.3) is 0 Å². The van der Waals surface area contributed by atoms with E-state index in [1.807, 2.05) is 23.5 Å². The highest BCUT2D eigenvalue weighted by Gasteiger charge is 2.35. The standard InChI is InChI=1S/C49H33NOS/c1-49(2)42-12-6-3-9-37(42)38-24-21-35(29-43(38)49)50(34-22-26-47-41(28-34)39-10-5-8-14-46(39)52-47)33-19-15-30(16-20-33)31-17-23-36-32(27-31)18-25-45-48(36)40-11-4-7-13-44(40)51-45/h3-29H,1-2H3. The number of fused-ring (bicyclic) bond motifs is 11. The third-order valence-electron chi connectivity index (χ3n) is 11.3. The third kappa shape index (κ3) is 4.30. The molecule has 0 unspecified atom stereocenters. The summed E-state index contributed by atoms with van der Waals surface area (Å²) in [5, 5.41) is 7.37. The first-order chi connectivity index (χ1) is 25.5. The van der Waals surface area contributed by atoms with Gasteiger partial charge in [0, 0.05) is 53.4 Å². The van der Waals surface area contributed by atoms with E-state index < -0.39 is 0 Å². The van der Waals surface area contributed by atoms with Crippen LogP contribution in [-0.4, -0.2) is 0 Å². The van der Waals surface area contributed by atoms with Crippen molar-refractivity contribution in [3.05, 3.63) is 175 Å². The van der Waals surface area contributed by atoms with E-state index in [9.17, 15) is 0 Å². The molecule has 0 saturated heterocycles. The molecule has 52 heavy (non-hydrogen) atoms. The summed E-state index contributed by atoms with van der Waals surface area (Å²) in [6, 6.07) is 60.1. The van der Waals surface area contributed by atoms with Crippen LogP contribution in [0.15, 0.2) is 168 Å². The maximum absolute atomic E-state index is 6.17. The normalized spacial score (nSPS) is 13.3. The zero-order valence-corrected chi connectivity index (χ0v) is 29.7. The molecule has 0 atom stereocenters. The van der Waals surface area contributed by atoms with E-state index in [1.54, 1.807) is 0 Å². The topological polar surface area (TPSA) is 16.4 Å². The van der Waals surface area contributed by atoms with Gasteiger partial charge in [0.2, 0.25) is 0 Å². The van der Waals surface area contributed by atoms with Gasteiger partial charge in [0.05, 0.1) is 0 Å². The number of nitrogens with zero attached hydrogens (tertiary/aromatic N) is 1.